The van der Waals surface area contributed by atoms with E-state index in [0.717, 1.165) is 44.9 Å². The number of nitrogens with zero attached hydrogens (tertiary/aromatic N) is 2. The molecule has 0 unspecified atom stereocenters. The van der Waals surface area contributed by atoms with Crippen molar-refractivity contribution in [1.29, 1.82) is 0 Å². The highest BCUT2D eigenvalue weighted by Crippen LogP contribution is 2.38. The van der Waals surface area contributed by atoms with Crippen LogP contribution in [0.2, 0.25) is 5.02 Å². The van der Waals surface area contributed by atoms with Crippen LogP contribution in [0.5, 0.6) is 0 Å². The molecule has 1 aromatic rings. The van der Waals surface area contributed by atoms with E-state index in [1.807, 2.05) is 4.90 Å². The van der Waals surface area contributed by atoms with E-state index < -0.39 is 10.0 Å². The Morgan fingerprint density at radius 3 is 2.68 bits per heavy atom. The molecule has 28 heavy (non-hydrogen) atoms. The summed E-state index contributed by atoms with van der Waals surface area (Å²) >= 11 is 6.44. The minimum Gasteiger partial charge on any atom is -0.349 e. The number of amides is 1. The van der Waals surface area contributed by atoms with Gasteiger partial charge in [0.1, 0.15) is 10.7 Å². The molecule has 0 bridgehead atoms. The second-order valence-corrected chi connectivity index (χ2v) is 10.2. The second kappa shape index (κ2) is 7.67. The molecule has 1 aliphatic carbocycles. The third-order valence-corrected chi connectivity index (χ3v) is 7.68. The van der Waals surface area contributed by atoms with Crippen LogP contribution < -0.4 is 10.2 Å². The molecule has 3 aliphatic rings. The quantitative estimate of drug-likeness (QED) is 0.775. The number of anilines is 1. The van der Waals surface area contributed by atoms with E-state index in [4.69, 9.17) is 11.6 Å². The van der Waals surface area contributed by atoms with Crippen LogP contribution >= 0.6 is 11.6 Å². The summed E-state index contributed by atoms with van der Waals surface area (Å²) < 4.78 is 29.6. The standard InChI is InChI=1S/C20H26ClN3O3S/c1-13-6-8-14(9-7-13)22-20(25)15-11-18-17(12-16(15)21)24-10-4-2-3-5-19(24)23-28(18,26)27/h11-14H,2-10H2,1H3,(H,22,25). The van der Waals surface area contributed by atoms with Crippen molar-refractivity contribution in [3.05, 3.63) is 22.7 Å². The van der Waals surface area contributed by atoms with Crippen LogP contribution in [0.15, 0.2) is 21.4 Å². The first-order valence-corrected chi connectivity index (χ1v) is 11.9. The largest absolute Gasteiger partial charge is 0.349 e. The van der Waals surface area contributed by atoms with Gasteiger partial charge in [0.15, 0.2) is 0 Å². The lowest BCUT2D eigenvalue weighted by Gasteiger charge is -2.30. The van der Waals surface area contributed by atoms with Crippen molar-refractivity contribution in [2.24, 2.45) is 10.3 Å². The van der Waals surface area contributed by atoms with Gasteiger partial charge < -0.3 is 10.2 Å². The molecule has 0 aromatic heterocycles. The van der Waals surface area contributed by atoms with Gasteiger partial charge in [0, 0.05) is 19.0 Å². The van der Waals surface area contributed by atoms with E-state index in [9.17, 15) is 13.2 Å². The lowest BCUT2D eigenvalue weighted by Crippen LogP contribution is -2.38. The van der Waals surface area contributed by atoms with E-state index in [2.05, 4.69) is 16.6 Å². The molecule has 0 atom stereocenters. The maximum atomic E-state index is 12.8. The molecule has 0 radical (unpaired) electrons. The van der Waals surface area contributed by atoms with Crippen LogP contribution in [0.25, 0.3) is 0 Å². The van der Waals surface area contributed by atoms with Gasteiger partial charge in [-0.15, -0.1) is 4.40 Å². The van der Waals surface area contributed by atoms with E-state index in [-0.39, 0.29) is 27.4 Å². The molecule has 2 heterocycles. The van der Waals surface area contributed by atoms with Gasteiger partial charge in [-0.25, -0.2) is 0 Å². The van der Waals surface area contributed by atoms with Crippen molar-refractivity contribution in [3.63, 3.8) is 0 Å². The number of amidine groups is 1. The Bertz CT molecular complexity index is 921. The van der Waals surface area contributed by atoms with Crippen LogP contribution in [-0.2, 0) is 10.0 Å². The normalized spacial score (nSPS) is 26.5. The summed E-state index contributed by atoms with van der Waals surface area (Å²) in [6.07, 6.45) is 7.63. The van der Waals surface area contributed by atoms with Gasteiger partial charge in [0.05, 0.1) is 16.3 Å². The topological polar surface area (TPSA) is 78.8 Å². The molecule has 2 aliphatic heterocycles. The molecule has 1 N–H and O–H groups in total. The second-order valence-electron chi connectivity index (χ2n) is 8.17. The first kappa shape index (κ1) is 19.7. The third-order valence-electron chi connectivity index (χ3n) is 6.03. The van der Waals surface area contributed by atoms with Crippen molar-refractivity contribution >= 4 is 39.1 Å². The van der Waals surface area contributed by atoms with E-state index in [1.165, 1.54) is 6.07 Å². The van der Waals surface area contributed by atoms with Crippen molar-refractivity contribution in [3.8, 4) is 0 Å². The minimum absolute atomic E-state index is 0.0740. The lowest BCUT2D eigenvalue weighted by atomic mass is 9.87. The zero-order chi connectivity index (χ0) is 19.9. The average Bonchev–Trinajstić information content (AvgIpc) is 2.88. The maximum Gasteiger partial charge on any atom is 0.286 e. The van der Waals surface area contributed by atoms with Crippen molar-refractivity contribution < 1.29 is 13.2 Å². The van der Waals surface area contributed by atoms with Gasteiger partial charge in [0.2, 0.25) is 0 Å². The fourth-order valence-corrected chi connectivity index (χ4v) is 5.85. The van der Waals surface area contributed by atoms with Crippen molar-refractivity contribution in [2.75, 3.05) is 11.4 Å². The van der Waals surface area contributed by atoms with E-state index >= 15 is 0 Å². The Morgan fingerprint density at radius 2 is 1.93 bits per heavy atom. The van der Waals surface area contributed by atoms with Gasteiger partial charge in [-0.1, -0.05) is 24.9 Å². The smallest absolute Gasteiger partial charge is 0.286 e. The SMILES string of the molecule is CC1CCC(NC(=O)c2cc3c(cc2Cl)N2CCCCCC2=NS3(=O)=O)CC1. The number of carbonyl (C=O) groups excluding carboxylic acids is 1. The predicted octanol–water partition coefficient (Wildman–Crippen LogP) is 4.13. The summed E-state index contributed by atoms with van der Waals surface area (Å²) in [6, 6.07) is 3.13. The summed E-state index contributed by atoms with van der Waals surface area (Å²) in [5.41, 5.74) is 0.746. The molecule has 1 saturated heterocycles. The molecule has 2 fully saturated rings. The van der Waals surface area contributed by atoms with Gasteiger partial charge >= 0.3 is 0 Å². The summed E-state index contributed by atoms with van der Waals surface area (Å²) in [5.74, 6) is 0.953. The van der Waals surface area contributed by atoms with Gasteiger partial charge in [0.25, 0.3) is 15.9 Å². The van der Waals surface area contributed by atoms with Crippen LogP contribution in [0.4, 0.5) is 5.69 Å². The molecule has 1 aromatic carbocycles. The monoisotopic (exact) mass is 423 g/mol. The molecular weight excluding hydrogens is 398 g/mol. The lowest BCUT2D eigenvalue weighted by molar-refractivity contribution is 0.0923. The molecule has 152 valence electrons. The van der Waals surface area contributed by atoms with E-state index in [1.54, 1.807) is 6.07 Å². The van der Waals surface area contributed by atoms with Gasteiger partial charge in [-0.3, -0.25) is 4.79 Å². The van der Waals surface area contributed by atoms with Crippen LogP contribution in [0, 0.1) is 5.92 Å². The third kappa shape index (κ3) is 3.79. The van der Waals surface area contributed by atoms with Crippen molar-refractivity contribution in [1.82, 2.24) is 5.32 Å². The maximum absolute atomic E-state index is 12.8. The number of nitrogens with one attached hydrogen (secondary N) is 1. The van der Waals surface area contributed by atoms with Crippen LogP contribution in [0.3, 0.4) is 0 Å². The number of sulfonamides is 1. The Labute approximate surface area is 171 Å². The fraction of sp³-hybridized carbons (Fsp3) is 0.600. The Hall–Kier alpha value is -1.60. The highest BCUT2D eigenvalue weighted by molar-refractivity contribution is 7.90. The average molecular weight is 424 g/mol. The summed E-state index contributed by atoms with van der Waals surface area (Å²) in [6.45, 7) is 2.93. The summed E-state index contributed by atoms with van der Waals surface area (Å²) in [5, 5.41) is 3.31. The van der Waals surface area contributed by atoms with Gasteiger partial charge in [-0.05, 0) is 56.6 Å². The zero-order valence-corrected chi connectivity index (χ0v) is 17.7. The summed E-state index contributed by atoms with van der Waals surface area (Å²) in [7, 11) is -3.83. The Balaban J connectivity index is 1.65. The number of hydrogen-bond acceptors (Lipinski definition) is 4. The number of carbonyl (C=O) groups is 1. The van der Waals surface area contributed by atoms with Crippen LogP contribution in [0.1, 0.15) is 68.6 Å². The molecule has 8 heteroatoms. The number of benzene rings is 1. The van der Waals surface area contributed by atoms with Crippen LogP contribution in [-0.4, -0.2) is 32.7 Å². The molecule has 6 nitrogen and oxygen atoms in total. The highest BCUT2D eigenvalue weighted by Gasteiger charge is 2.33. The number of hydrogen-bond donors (Lipinski definition) is 1. The molecular formula is C20H26ClN3O3S. The van der Waals surface area contributed by atoms with E-state index in [0.29, 0.717) is 30.4 Å². The highest BCUT2D eigenvalue weighted by atomic mass is 35.5. The number of halogens is 1. The molecule has 1 saturated carbocycles. The molecule has 0 spiro atoms. The summed E-state index contributed by atoms with van der Waals surface area (Å²) in [4.78, 5) is 14.8. The fourth-order valence-electron chi connectivity index (χ4n) is 4.34. The van der Waals surface area contributed by atoms with Crippen molar-refractivity contribution in [2.45, 2.75) is 69.2 Å². The Kier molecular flexibility index (Phi) is 5.40. The molecule has 1 amide bonds. The minimum atomic E-state index is -3.83. The predicted molar refractivity (Wildman–Crippen MR) is 111 cm³/mol. The Morgan fingerprint density at radius 1 is 1.18 bits per heavy atom. The first-order chi connectivity index (χ1) is 13.3. The first-order valence-electron chi connectivity index (χ1n) is 10.1. The number of fused-ring (bicyclic) bond motifs is 3. The number of rotatable bonds is 2. The van der Waals surface area contributed by atoms with Gasteiger partial charge in [-0.2, -0.15) is 8.42 Å². The zero-order valence-electron chi connectivity index (χ0n) is 16.1. The molecule has 4 rings (SSSR count).